The van der Waals surface area contributed by atoms with E-state index >= 15 is 0 Å². The summed E-state index contributed by atoms with van der Waals surface area (Å²) < 4.78 is 2.20. The number of aromatic amines is 1. The molecule has 7 rings (SSSR count). The highest BCUT2D eigenvalue weighted by atomic mass is 35.5. The number of H-pyrrole nitrogens is 1. The Balaban J connectivity index is 0.00000129. The fraction of sp³-hybridized carbons (Fsp3) is 0.333. The number of nitrogens with one attached hydrogen (secondary N) is 1. The molecule has 1 saturated heterocycles. The lowest BCUT2D eigenvalue weighted by atomic mass is 10.0. The van der Waals surface area contributed by atoms with Gasteiger partial charge in [-0.1, -0.05) is 55.8 Å². The number of fused-ring (bicyclic) bond motifs is 2. The topological polar surface area (TPSA) is 79.7 Å². The lowest BCUT2D eigenvalue weighted by Crippen LogP contribution is -2.30. The zero-order chi connectivity index (χ0) is 26.2. The number of nitrogens with zero attached hydrogens (tertiary/aromatic N) is 5. The summed E-state index contributed by atoms with van der Waals surface area (Å²) >= 11 is 6.24. The molecule has 2 aliphatic rings. The molecule has 0 radical (unpaired) electrons. The van der Waals surface area contributed by atoms with Gasteiger partial charge in [0.25, 0.3) is 0 Å². The van der Waals surface area contributed by atoms with Gasteiger partial charge < -0.3 is 14.5 Å². The van der Waals surface area contributed by atoms with E-state index in [0.717, 1.165) is 83.6 Å². The van der Waals surface area contributed by atoms with Crippen LogP contribution in [0.2, 0.25) is 5.02 Å². The number of benzene rings is 2. The maximum atomic E-state index is 12.6. The van der Waals surface area contributed by atoms with Crippen molar-refractivity contribution in [2.45, 2.75) is 39.7 Å². The first kappa shape index (κ1) is 24.6. The zero-order valence-corrected chi connectivity index (χ0v) is 22.4. The van der Waals surface area contributed by atoms with Crippen molar-refractivity contribution in [2.75, 3.05) is 13.1 Å². The average Bonchev–Trinajstić information content (AvgIpc) is 3.35. The van der Waals surface area contributed by atoms with Crippen molar-refractivity contribution in [1.82, 2.24) is 29.4 Å². The summed E-state index contributed by atoms with van der Waals surface area (Å²) in [6, 6.07) is 16.6. The van der Waals surface area contributed by atoms with Crippen molar-refractivity contribution in [2.24, 2.45) is 11.8 Å². The van der Waals surface area contributed by atoms with Gasteiger partial charge >= 0.3 is 0 Å². The van der Waals surface area contributed by atoms with Crippen LogP contribution in [0.4, 0.5) is 0 Å². The number of pyridine rings is 1. The van der Waals surface area contributed by atoms with E-state index in [-0.39, 0.29) is 5.92 Å². The second-order valence-electron chi connectivity index (χ2n) is 9.97. The highest BCUT2D eigenvalue weighted by molar-refractivity contribution is 6.31. The highest BCUT2D eigenvalue weighted by Gasteiger charge is 2.36. The number of amides is 1. The molecule has 1 N–H and O–H groups in total. The minimum Gasteiger partial charge on any atom is -0.345 e. The average molecular weight is 527 g/mol. The molecule has 3 aromatic heterocycles. The Kier molecular flexibility index (Phi) is 6.62. The lowest BCUT2D eigenvalue weighted by molar-refractivity contribution is -0.131. The third-order valence-corrected chi connectivity index (χ3v) is 7.62. The first-order valence-corrected chi connectivity index (χ1v) is 13.8. The van der Waals surface area contributed by atoms with Gasteiger partial charge in [-0.25, -0.2) is 15.0 Å². The monoisotopic (exact) mass is 526 g/mol. The van der Waals surface area contributed by atoms with Gasteiger partial charge in [0.1, 0.15) is 11.3 Å². The van der Waals surface area contributed by atoms with Crippen LogP contribution in [0, 0.1) is 11.8 Å². The van der Waals surface area contributed by atoms with Crippen LogP contribution in [0.15, 0.2) is 61.1 Å². The molecule has 5 aromatic rings. The predicted molar refractivity (Wildman–Crippen MR) is 152 cm³/mol. The number of rotatable bonds is 5. The zero-order valence-electron chi connectivity index (χ0n) is 21.7. The highest BCUT2D eigenvalue weighted by Crippen LogP contribution is 2.34. The maximum absolute atomic E-state index is 12.6. The van der Waals surface area contributed by atoms with Gasteiger partial charge in [-0.15, -0.1) is 0 Å². The number of carbonyl (C=O) groups excluding carboxylic acids is 1. The number of hydrogen-bond donors (Lipinski definition) is 1. The second kappa shape index (κ2) is 10.2. The van der Waals surface area contributed by atoms with Gasteiger partial charge in [-0.2, -0.15) is 0 Å². The van der Waals surface area contributed by atoms with Gasteiger partial charge in [-0.3, -0.25) is 4.79 Å². The Labute approximate surface area is 226 Å². The Morgan fingerprint density at radius 2 is 1.74 bits per heavy atom. The van der Waals surface area contributed by atoms with Gasteiger partial charge in [0.05, 0.1) is 22.4 Å². The second-order valence-corrected chi connectivity index (χ2v) is 10.4. The minimum atomic E-state index is 0.268. The summed E-state index contributed by atoms with van der Waals surface area (Å²) in [5.74, 6) is 1.86. The van der Waals surface area contributed by atoms with Crippen LogP contribution in [0.5, 0.6) is 0 Å². The molecule has 1 saturated carbocycles. The first-order valence-electron chi connectivity index (χ1n) is 13.5. The van der Waals surface area contributed by atoms with E-state index in [4.69, 9.17) is 16.6 Å². The van der Waals surface area contributed by atoms with Crippen LogP contribution in [0.1, 0.15) is 33.1 Å². The molecule has 0 spiro atoms. The number of aromatic nitrogens is 5. The normalized spacial score (nSPS) is 17.1. The number of likely N-dealkylation sites (tertiary alicyclic amines) is 1. The van der Waals surface area contributed by atoms with Crippen molar-refractivity contribution in [3.05, 3.63) is 66.1 Å². The number of halogens is 1. The Bertz CT molecular complexity index is 1600. The molecule has 1 amide bonds. The molecular formula is C30H31ClN6O. The van der Waals surface area contributed by atoms with Gasteiger partial charge in [0.15, 0.2) is 5.65 Å². The summed E-state index contributed by atoms with van der Waals surface area (Å²) in [5.41, 5.74) is 6.88. The third kappa shape index (κ3) is 4.67. The minimum absolute atomic E-state index is 0.268. The van der Waals surface area contributed by atoms with E-state index in [0.29, 0.717) is 16.8 Å². The molecule has 38 heavy (non-hydrogen) atoms. The molecular weight excluding hydrogens is 496 g/mol. The fourth-order valence-corrected chi connectivity index (χ4v) is 5.49. The molecule has 0 bridgehead atoms. The molecule has 1 aliphatic heterocycles. The Morgan fingerprint density at radius 3 is 2.53 bits per heavy atom. The van der Waals surface area contributed by atoms with Crippen molar-refractivity contribution in [1.29, 1.82) is 0 Å². The largest absolute Gasteiger partial charge is 0.345 e. The van der Waals surface area contributed by atoms with E-state index in [2.05, 4.69) is 60.8 Å². The SMILES string of the molecule is CC.O=C(C1CC1)N1CCC(Cn2c(-c3ccc(-c4ccc5nc[nH]c5c4)cc3)nc3cc(Cl)cnc32)C1. The number of carbonyl (C=O) groups is 1. The number of hydrogen-bond acceptors (Lipinski definition) is 4. The summed E-state index contributed by atoms with van der Waals surface area (Å²) in [4.78, 5) is 31.7. The van der Waals surface area contributed by atoms with E-state index in [1.165, 1.54) is 0 Å². The molecule has 1 atom stereocenters. The summed E-state index contributed by atoms with van der Waals surface area (Å²) in [5, 5.41) is 0.574. The smallest absolute Gasteiger partial charge is 0.225 e. The van der Waals surface area contributed by atoms with Crippen LogP contribution in [0.25, 0.3) is 44.7 Å². The Hall–Kier alpha value is -3.71. The predicted octanol–water partition coefficient (Wildman–Crippen LogP) is 6.58. The van der Waals surface area contributed by atoms with Crippen LogP contribution < -0.4 is 0 Å². The van der Waals surface area contributed by atoms with Crippen molar-refractivity contribution < 1.29 is 4.79 Å². The van der Waals surface area contributed by atoms with E-state index in [1.54, 1.807) is 12.5 Å². The third-order valence-electron chi connectivity index (χ3n) is 7.41. The van der Waals surface area contributed by atoms with Gasteiger partial charge in [0, 0.05) is 37.3 Å². The summed E-state index contributed by atoms with van der Waals surface area (Å²) in [7, 11) is 0. The van der Waals surface area contributed by atoms with Gasteiger partial charge in [0.2, 0.25) is 5.91 Å². The first-order chi connectivity index (χ1) is 18.6. The number of imidazole rings is 2. The molecule has 2 fully saturated rings. The van der Waals surface area contributed by atoms with Crippen molar-refractivity contribution in [3.8, 4) is 22.5 Å². The maximum Gasteiger partial charge on any atom is 0.225 e. The van der Waals surface area contributed by atoms with Crippen LogP contribution in [0.3, 0.4) is 0 Å². The molecule has 2 aromatic carbocycles. The standard InChI is InChI=1S/C28H25ClN6O.C2H6/c29-22-12-25-27(30-13-22)35(15-17-9-10-34(14-17)28(36)20-5-6-20)26(33-25)19-3-1-18(2-4-19)21-7-8-23-24(11-21)32-16-31-23;1-2/h1-4,7-8,11-13,16-17,20H,5-6,9-10,14-15H2,(H,31,32);1-2H3. The van der Waals surface area contributed by atoms with E-state index in [1.807, 2.05) is 26.0 Å². The van der Waals surface area contributed by atoms with E-state index < -0.39 is 0 Å². The lowest BCUT2D eigenvalue weighted by Gasteiger charge is -2.17. The molecule has 4 heterocycles. The molecule has 7 nitrogen and oxygen atoms in total. The van der Waals surface area contributed by atoms with Crippen LogP contribution >= 0.6 is 11.6 Å². The van der Waals surface area contributed by atoms with E-state index in [9.17, 15) is 4.79 Å². The Morgan fingerprint density at radius 1 is 0.974 bits per heavy atom. The molecule has 194 valence electrons. The van der Waals surface area contributed by atoms with Crippen LogP contribution in [-0.4, -0.2) is 48.4 Å². The molecule has 1 aliphatic carbocycles. The quantitative estimate of drug-likeness (QED) is 0.280. The van der Waals surface area contributed by atoms with Gasteiger partial charge in [-0.05, 0) is 54.5 Å². The fourth-order valence-electron chi connectivity index (χ4n) is 5.34. The van der Waals surface area contributed by atoms with Crippen LogP contribution in [-0.2, 0) is 11.3 Å². The summed E-state index contributed by atoms with van der Waals surface area (Å²) in [6.07, 6.45) is 6.49. The van der Waals surface area contributed by atoms with Crippen molar-refractivity contribution >= 4 is 39.7 Å². The van der Waals surface area contributed by atoms with Crippen molar-refractivity contribution in [3.63, 3.8) is 0 Å². The molecule has 8 heteroatoms. The summed E-state index contributed by atoms with van der Waals surface area (Å²) in [6.45, 7) is 6.42. The molecule has 1 unspecified atom stereocenters.